The minimum atomic E-state index is 0.0219. The van der Waals surface area contributed by atoms with Crippen molar-refractivity contribution in [3.8, 4) is 0 Å². The van der Waals surface area contributed by atoms with Crippen LogP contribution in [-0.2, 0) is 13.0 Å². The summed E-state index contributed by atoms with van der Waals surface area (Å²) in [6.45, 7) is 5.38. The molecule has 0 amide bonds. The molecule has 1 aromatic rings. The third-order valence-electron chi connectivity index (χ3n) is 3.84. The predicted molar refractivity (Wildman–Crippen MR) is 66.2 cm³/mol. The molecule has 0 saturated heterocycles. The average Bonchev–Trinajstić information content (AvgIpc) is 2.70. The molecule has 1 aromatic heterocycles. The molecule has 0 spiro atoms. The first kappa shape index (κ1) is 11.6. The van der Waals surface area contributed by atoms with Crippen molar-refractivity contribution in [3.63, 3.8) is 0 Å². The lowest BCUT2D eigenvalue weighted by molar-refractivity contribution is 0.243. The quantitative estimate of drug-likeness (QED) is 0.851. The lowest BCUT2D eigenvalue weighted by atomic mass is 9.75. The third-order valence-corrected chi connectivity index (χ3v) is 3.84. The van der Waals surface area contributed by atoms with Crippen LogP contribution in [0.25, 0.3) is 0 Å². The zero-order chi connectivity index (χ0) is 11.6. The molecule has 0 bridgehead atoms. The summed E-state index contributed by atoms with van der Waals surface area (Å²) in [5, 5.41) is 4.31. The van der Waals surface area contributed by atoms with Crippen LogP contribution in [0.4, 0.5) is 0 Å². The van der Waals surface area contributed by atoms with Crippen molar-refractivity contribution < 1.29 is 0 Å². The van der Waals surface area contributed by atoms with Gasteiger partial charge in [-0.2, -0.15) is 5.10 Å². The first-order chi connectivity index (χ1) is 7.61. The number of hydrogen-bond donors (Lipinski definition) is 1. The number of hydrogen-bond acceptors (Lipinski definition) is 2. The molecule has 1 aliphatic rings. The van der Waals surface area contributed by atoms with E-state index in [0.29, 0.717) is 0 Å². The lowest BCUT2D eigenvalue weighted by Gasteiger charge is -2.36. The highest BCUT2D eigenvalue weighted by Gasteiger charge is 2.30. The molecule has 90 valence electrons. The first-order valence-electron chi connectivity index (χ1n) is 6.41. The van der Waals surface area contributed by atoms with Crippen molar-refractivity contribution in [1.82, 2.24) is 9.78 Å². The molecule has 3 heteroatoms. The van der Waals surface area contributed by atoms with Crippen LogP contribution >= 0.6 is 0 Å². The molecular formula is C13H23N3. The molecule has 0 aliphatic heterocycles. The maximum absolute atomic E-state index is 6.47. The van der Waals surface area contributed by atoms with Crippen molar-refractivity contribution in [3.05, 3.63) is 18.0 Å². The molecule has 2 rings (SSSR count). The highest BCUT2D eigenvalue weighted by Crippen LogP contribution is 2.32. The summed E-state index contributed by atoms with van der Waals surface area (Å²) in [7, 11) is 0. The second-order valence-electron chi connectivity index (χ2n) is 5.43. The Morgan fingerprint density at radius 1 is 1.50 bits per heavy atom. The molecule has 1 heterocycles. The standard InChI is InChI=1S/C13H23N3/c1-3-16-10-12(9-15-16)8-13(14)6-4-11(2)5-7-13/h9-11H,3-8,14H2,1-2H3. The maximum atomic E-state index is 6.47. The van der Waals surface area contributed by atoms with Crippen molar-refractivity contribution >= 4 is 0 Å². The second-order valence-corrected chi connectivity index (χ2v) is 5.43. The normalized spacial score (nSPS) is 30.6. The minimum Gasteiger partial charge on any atom is -0.325 e. The van der Waals surface area contributed by atoms with Crippen molar-refractivity contribution in [1.29, 1.82) is 0 Å². The number of nitrogens with two attached hydrogens (primary N) is 1. The Balaban J connectivity index is 1.97. The van der Waals surface area contributed by atoms with E-state index in [1.807, 2.05) is 10.9 Å². The maximum Gasteiger partial charge on any atom is 0.0522 e. The number of aromatic nitrogens is 2. The number of aryl methyl sites for hydroxylation is 1. The van der Waals surface area contributed by atoms with Crippen molar-refractivity contribution in [2.45, 2.75) is 58.0 Å². The van der Waals surface area contributed by atoms with Crippen LogP contribution in [-0.4, -0.2) is 15.3 Å². The zero-order valence-corrected chi connectivity index (χ0v) is 10.4. The van der Waals surface area contributed by atoms with Crippen LogP contribution in [0, 0.1) is 5.92 Å². The van der Waals surface area contributed by atoms with E-state index >= 15 is 0 Å². The van der Waals surface area contributed by atoms with Crippen LogP contribution in [0.3, 0.4) is 0 Å². The molecule has 0 atom stereocenters. The lowest BCUT2D eigenvalue weighted by Crippen LogP contribution is -2.44. The molecule has 1 fully saturated rings. The topological polar surface area (TPSA) is 43.8 Å². The molecule has 0 unspecified atom stereocenters. The Kier molecular flexibility index (Phi) is 3.33. The van der Waals surface area contributed by atoms with E-state index in [4.69, 9.17) is 5.73 Å². The zero-order valence-electron chi connectivity index (χ0n) is 10.4. The molecular weight excluding hydrogens is 198 g/mol. The van der Waals surface area contributed by atoms with Crippen LogP contribution in [0.1, 0.15) is 45.1 Å². The molecule has 0 radical (unpaired) electrons. The number of nitrogens with zero attached hydrogens (tertiary/aromatic N) is 2. The van der Waals surface area contributed by atoms with Gasteiger partial charge in [-0.1, -0.05) is 6.92 Å². The van der Waals surface area contributed by atoms with Gasteiger partial charge in [-0.05, 0) is 50.5 Å². The van der Waals surface area contributed by atoms with E-state index < -0.39 is 0 Å². The van der Waals surface area contributed by atoms with Gasteiger partial charge >= 0.3 is 0 Å². The first-order valence-corrected chi connectivity index (χ1v) is 6.41. The fourth-order valence-corrected chi connectivity index (χ4v) is 2.59. The van der Waals surface area contributed by atoms with Crippen LogP contribution in [0.15, 0.2) is 12.4 Å². The molecule has 0 aromatic carbocycles. The summed E-state index contributed by atoms with van der Waals surface area (Å²) >= 11 is 0. The summed E-state index contributed by atoms with van der Waals surface area (Å²) in [6.07, 6.45) is 9.95. The summed E-state index contributed by atoms with van der Waals surface area (Å²) in [6, 6.07) is 0. The summed E-state index contributed by atoms with van der Waals surface area (Å²) < 4.78 is 1.98. The van der Waals surface area contributed by atoms with E-state index in [9.17, 15) is 0 Å². The Bertz CT molecular complexity index is 335. The van der Waals surface area contributed by atoms with Gasteiger partial charge in [-0.25, -0.2) is 0 Å². The second kappa shape index (κ2) is 4.58. The fourth-order valence-electron chi connectivity index (χ4n) is 2.59. The van der Waals surface area contributed by atoms with Crippen molar-refractivity contribution in [2.75, 3.05) is 0 Å². The van der Waals surface area contributed by atoms with Gasteiger partial charge in [0.15, 0.2) is 0 Å². The van der Waals surface area contributed by atoms with Gasteiger partial charge in [-0.3, -0.25) is 4.68 Å². The molecule has 1 aliphatic carbocycles. The molecule has 2 N–H and O–H groups in total. The Hall–Kier alpha value is -0.830. The van der Waals surface area contributed by atoms with Gasteiger partial charge in [0.25, 0.3) is 0 Å². The molecule has 3 nitrogen and oxygen atoms in total. The minimum absolute atomic E-state index is 0.0219. The molecule has 16 heavy (non-hydrogen) atoms. The Morgan fingerprint density at radius 2 is 2.19 bits per heavy atom. The van der Waals surface area contributed by atoms with Gasteiger partial charge in [0, 0.05) is 18.3 Å². The van der Waals surface area contributed by atoms with Crippen LogP contribution in [0.2, 0.25) is 0 Å². The highest BCUT2D eigenvalue weighted by molar-refractivity contribution is 5.10. The summed E-state index contributed by atoms with van der Waals surface area (Å²) in [4.78, 5) is 0. The van der Waals surface area contributed by atoms with Gasteiger partial charge in [0.1, 0.15) is 0 Å². The number of rotatable bonds is 3. The summed E-state index contributed by atoms with van der Waals surface area (Å²) in [5.74, 6) is 0.857. The Labute approximate surface area is 98.0 Å². The monoisotopic (exact) mass is 221 g/mol. The SMILES string of the molecule is CCn1cc(CC2(N)CCC(C)CC2)cn1. The van der Waals surface area contributed by atoms with Gasteiger partial charge in [0.2, 0.25) is 0 Å². The van der Waals surface area contributed by atoms with Gasteiger partial charge in [0.05, 0.1) is 6.20 Å². The van der Waals surface area contributed by atoms with Gasteiger partial charge < -0.3 is 5.73 Å². The molecule has 1 saturated carbocycles. The fraction of sp³-hybridized carbons (Fsp3) is 0.769. The Morgan fingerprint density at radius 3 is 2.75 bits per heavy atom. The van der Waals surface area contributed by atoms with E-state index in [1.165, 1.54) is 18.4 Å². The largest absolute Gasteiger partial charge is 0.325 e. The van der Waals surface area contributed by atoms with Crippen LogP contribution in [0.5, 0.6) is 0 Å². The highest BCUT2D eigenvalue weighted by atomic mass is 15.3. The van der Waals surface area contributed by atoms with E-state index in [-0.39, 0.29) is 5.54 Å². The predicted octanol–water partition coefficient (Wildman–Crippen LogP) is 2.35. The average molecular weight is 221 g/mol. The smallest absolute Gasteiger partial charge is 0.0522 e. The van der Waals surface area contributed by atoms with E-state index in [1.54, 1.807) is 0 Å². The van der Waals surface area contributed by atoms with Gasteiger partial charge in [-0.15, -0.1) is 0 Å². The van der Waals surface area contributed by atoms with E-state index in [0.717, 1.165) is 31.7 Å². The third kappa shape index (κ3) is 2.64. The van der Waals surface area contributed by atoms with Crippen molar-refractivity contribution in [2.24, 2.45) is 11.7 Å². The van der Waals surface area contributed by atoms with Crippen LogP contribution < -0.4 is 5.73 Å². The van der Waals surface area contributed by atoms with E-state index in [2.05, 4.69) is 25.1 Å². The summed E-state index contributed by atoms with van der Waals surface area (Å²) in [5.41, 5.74) is 7.78.